The van der Waals surface area contributed by atoms with Crippen LogP contribution in [0.2, 0.25) is 0 Å². The quantitative estimate of drug-likeness (QED) is 0.461. The number of carbonyl (C=O) groups excluding carboxylic acids is 1. The lowest BCUT2D eigenvalue weighted by Gasteiger charge is -2.00. The van der Waals surface area contributed by atoms with Crippen molar-refractivity contribution in [2.75, 3.05) is 0 Å². The number of ketones is 1. The van der Waals surface area contributed by atoms with Gasteiger partial charge < -0.3 is 5.53 Å². The van der Waals surface area contributed by atoms with E-state index in [1.54, 1.807) is 0 Å². The highest BCUT2D eigenvalue weighted by Crippen LogP contribution is 2.17. The maximum atomic E-state index is 11.0. The molecule has 72 valence electrons. The van der Waals surface area contributed by atoms with Gasteiger partial charge in [-0.3, -0.25) is 4.79 Å². The number of carbonyl (C=O) groups is 1. The predicted octanol–water partition coefficient (Wildman–Crippen LogP) is 2.25. The molecule has 0 saturated heterocycles. The summed E-state index contributed by atoms with van der Waals surface area (Å²) in [6.45, 7) is 0. The van der Waals surface area contributed by atoms with Gasteiger partial charge in [0.2, 0.25) is 5.78 Å². The molecule has 0 atom stereocenters. The van der Waals surface area contributed by atoms with Gasteiger partial charge in [0, 0.05) is 10.9 Å². The summed E-state index contributed by atoms with van der Waals surface area (Å²) in [5.41, 5.74) is 9.20. The van der Waals surface area contributed by atoms with Crippen molar-refractivity contribution >= 4 is 27.9 Å². The van der Waals surface area contributed by atoms with Crippen LogP contribution in [0.3, 0.4) is 0 Å². The fourth-order valence-corrected chi connectivity index (χ4v) is 1.57. The number of nitrogens with zero attached hydrogens (tertiary/aromatic N) is 2. The minimum atomic E-state index is -0.178. The SMILES string of the molecule is [N-]=[N+]=CC(=O)CCc1ccccc1Br. The average molecular weight is 253 g/mol. The number of halogens is 1. The van der Waals surface area contributed by atoms with E-state index in [0.717, 1.165) is 16.3 Å². The molecule has 0 amide bonds. The molecular formula is C10H9BrN2O. The van der Waals surface area contributed by atoms with Crippen LogP contribution >= 0.6 is 15.9 Å². The highest BCUT2D eigenvalue weighted by atomic mass is 79.9. The van der Waals surface area contributed by atoms with Crippen LogP contribution in [0, 0.1) is 0 Å². The Morgan fingerprint density at radius 1 is 1.50 bits per heavy atom. The van der Waals surface area contributed by atoms with E-state index in [2.05, 4.69) is 20.7 Å². The smallest absolute Gasteiger partial charge is 0.323 e. The summed E-state index contributed by atoms with van der Waals surface area (Å²) in [7, 11) is 0. The van der Waals surface area contributed by atoms with Crippen LogP contribution in [0.25, 0.3) is 5.53 Å². The second-order valence-electron chi connectivity index (χ2n) is 2.80. The van der Waals surface area contributed by atoms with Gasteiger partial charge in [0.05, 0.1) is 0 Å². The molecule has 0 unspecified atom stereocenters. The Hall–Kier alpha value is -1.25. The first-order chi connectivity index (χ1) is 6.74. The Morgan fingerprint density at radius 2 is 2.21 bits per heavy atom. The first-order valence-electron chi connectivity index (χ1n) is 4.17. The number of Topliss-reactive ketones (excluding diaryl/α,β-unsaturated/α-hetero) is 1. The Labute approximate surface area is 90.5 Å². The first-order valence-corrected chi connectivity index (χ1v) is 4.97. The minimum absolute atomic E-state index is 0.178. The lowest BCUT2D eigenvalue weighted by molar-refractivity contribution is -0.116. The van der Waals surface area contributed by atoms with Gasteiger partial charge in [-0.05, 0) is 18.1 Å². The topological polar surface area (TPSA) is 53.5 Å². The van der Waals surface area contributed by atoms with E-state index in [0.29, 0.717) is 12.8 Å². The van der Waals surface area contributed by atoms with Crippen molar-refractivity contribution in [3.8, 4) is 0 Å². The monoisotopic (exact) mass is 252 g/mol. The lowest BCUT2D eigenvalue weighted by atomic mass is 10.1. The van der Waals surface area contributed by atoms with Gasteiger partial charge in [0.15, 0.2) is 0 Å². The van der Waals surface area contributed by atoms with Crippen molar-refractivity contribution in [1.82, 2.24) is 0 Å². The van der Waals surface area contributed by atoms with Crippen molar-refractivity contribution in [3.63, 3.8) is 0 Å². The summed E-state index contributed by atoms with van der Waals surface area (Å²) in [6.07, 6.45) is 1.93. The van der Waals surface area contributed by atoms with Gasteiger partial charge in [-0.2, -0.15) is 4.79 Å². The van der Waals surface area contributed by atoms with Crippen molar-refractivity contribution in [1.29, 1.82) is 0 Å². The molecule has 3 nitrogen and oxygen atoms in total. The molecule has 0 aliphatic heterocycles. The van der Waals surface area contributed by atoms with E-state index in [4.69, 9.17) is 5.53 Å². The van der Waals surface area contributed by atoms with E-state index in [1.807, 2.05) is 24.3 Å². The number of benzene rings is 1. The third-order valence-corrected chi connectivity index (χ3v) is 2.57. The highest BCUT2D eigenvalue weighted by Gasteiger charge is 2.04. The van der Waals surface area contributed by atoms with Gasteiger partial charge in [-0.15, -0.1) is 0 Å². The van der Waals surface area contributed by atoms with E-state index in [-0.39, 0.29) is 5.78 Å². The van der Waals surface area contributed by atoms with Crippen LogP contribution in [-0.4, -0.2) is 16.8 Å². The molecule has 1 rings (SSSR count). The van der Waals surface area contributed by atoms with Crippen molar-refractivity contribution in [2.24, 2.45) is 0 Å². The summed E-state index contributed by atoms with van der Waals surface area (Å²) < 4.78 is 0.994. The van der Waals surface area contributed by atoms with Crippen LogP contribution in [-0.2, 0) is 11.2 Å². The molecule has 0 aliphatic rings. The third kappa shape index (κ3) is 3.24. The predicted molar refractivity (Wildman–Crippen MR) is 57.2 cm³/mol. The number of hydrogen-bond donors (Lipinski definition) is 0. The molecule has 0 spiro atoms. The Bertz CT molecular complexity index is 383. The normalized spacial score (nSPS) is 9.21. The van der Waals surface area contributed by atoms with Crippen molar-refractivity contribution < 1.29 is 9.58 Å². The Morgan fingerprint density at radius 3 is 2.86 bits per heavy atom. The molecular weight excluding hydrogens is 244 g/mol. The zero-order valence-corrected chi connectivity index (χ0v) is 9.07. The highest BCUT2D eigenvalue weighted by molar-refractivity contribution is 9.10. The lowest BCUT2D eigenvalue weighted by Crippen LogP contribution is -2.02. The second kappa shape index (κ2) is 5.47. The summed E-state index contributed by atoms with van der Waals surface area (Å²) in [6, 6.07) is 7.72. The minimum Gasteiger partial charge on any atom is -0.361 e. The standard InChI is InChI=1S/C10H9BrN2O/c11-10-4-2-1-3-8(10)5-6-9(14)7-13-12/h1-4,7H,5-6H2. The van der Waals surface area contributed by atoms with Crippen LogP contribution < -0.4 is 0 Å². The van der Waals surface area contributed by atoms with Crippen LogP contribution in [0.1, 0.15) is 12.0 Å². The number of hydrogen-bond acceptors (Lipinski definition) is 1. The Balaban J connectivity index is 2.58. The average Bonchev–Trinajstić information content (AvgIpc) is 2.17. The molecule has 0 aliphatic carbocycles. The fraction of sp³-hybridized carbons (Fsp3) is 0.200. The second-order valence-corrected chi connectivity index (χ2v) is 3.66. The molecule has 0 fully saturated rings. The molecule has 0 heterocycles. The van der Waals surface area contributed by atoms with E-state index in [9.17, 15) is 4.79 Å². The van der Waals surface area contributed by atoms with Crippen LogP contribution in [0.5, 0.6) is 0 Å². The summed E-state index contributed by atoms with van der Waals surface area (Å²) in [4.78, 5) is 13.7. The van der Waals surface area contributed by atoms with E-state index in [1.165, 1.54) is 0 Å². The zero-order valence-electron chi connectivity index (χ0n) is 7.48. The summed E-state index contributed by atoms with van der Waals surface area (Å²) in [5.74, 6) is -0.178. The molecule has 0 radical (unpaired) electrons. The molecule has 4 heteroatoms. The first kappa shape index (κ1) is 10.8. The molecule has 0 saturated carbocycles. The number of rotatable bonds is 4. The van der Waals surface area contributed by atoms with Gasteiger partial charge in [0.25, 0.3) is 0 Å². The maximum absolute atomic E-state index is 11.0. The molecule has 0 N–H and O–H groups in total. The molecule has 0 aromatic heterocycles. The molecule has 0 bridgehead atoms. The maximum Gasteiger partial charge on any atom is 0.323 e. The van der Waals surface area contributed by atoms with Gasteiger partial charge >= 0.3 is 6.21 Å². The van der Waals surface area contributed by atoms with Crippen molar-refractivity contribution in [3.05, 3.63) is 39.8 Å². The molecule has 1 aromatic rings. The molecule has 14 heavy (non-hydrogen) atoms. The van der Waals surface area contributed by atoms with E-state index < -0.39 is 0 Å². The fourth-order valence-electron chi connectivity index (χ4n) is 1.09. The summed E-state index contributed by atoms with van der Waals surface area (Å²) >= 11 is 3.39. The molecule has 1 aromatic carbocycles. The van der Waals surface area contributed by atoms with Gasteiger partial charge in [0.1, 0.15) is 0 Å². The summed E-state index contributed by atoms with van der Waals surface area (Å²) in [5, 5.41) is 0. The van der Waals surface area contributed by atoms with Crippen LogP contribution in [0.15, 0.2) is 28.7 Å². The number of aryl methyl sites for hydroxylation is 1. The van der Waals surface area contributed by atoms with E-state index >= 15 is 0 Å². The third-order valence-electron chi connectivity index (χ3n) is 1.80. The largest absolute Gasteiger partial charge is 0.361 e. The Kier molecular flexibility index (Phi) is 4.23. The van der Waals surface area contributed by atoms with Gasteiger partial charge in [-0.25, -0.2) is 0 Å². The van der Waals surface area contributed by atoms with Crippen molar-refractivity contribution in [2.45, 2.75) is 12.8 Å². The zero-order chi connectivity index (χ0) is 10.4. The van der Waals surface area contributed by atoms with Crippen LogP contribution in [0.4, 0.5) is 0 Å². The van der Waals surface area contributed by atoms with Gasteiger partial charge in [-0.1, -0.05) is 34.1 Å².